The molecule has 5 rings (SSSR count). The van der Waals surface area contributed by atoms with Crippen LogP contribution in [0.5, 0.6) is 0 Å². The molecule has 11 nitrogen and oxygen atoms in total. The first kappa shape index (κ1) is 32.5. The third-order valence-electron chi connectivity index (χ3n) is 5.19. The van der Waals surface area contributed by atoms with Gasteiger partial charge in [-0.1, -0.05) is 23.7 Å². The predicted octanol–water partition coefficient (Wildman–Crippen LogP) is 5.90. The third kappa shape index (κ3) is 8.06. The second-order valence-electron chi connectivity index (χ2n) is 8.20. The number of carbonyl (C=O) groups is 2. The predicted molar refractivity (Wildman–Crippen MR) is 137 cm³/mol. The maximum Gasteiger partial charge on any atom is 0.490 e. The van der Waals surface area contributed by atoms with E-state index in [1.54, 1.807) is 18.5 Å². The molecule has 5 aromatic rings. The first-order chi connectivity index (χ1) is 20.0. The Morgan fingerprint density at radius 2 is 1.63 bits per heavy atom. The van der Waals surface area contributed by atoms with Crippen LogP contribution in [0.1, 0.15) is 18.7 Å². The number of aromatic amines is 1. The van der Waals surface area contributed by atoms with E-state index in [1.165, 1.54) is 18.5 Å². The topological polar surface area (TPSA) is 158 Å². The molecule has 43 heavy (non-hydrogen) atoms. The van der Waals surface area contributed by atoms with Crippen molar-refractivity contribution in [2.24, 2.45) is 0 Å². The Hall–Kier alpha value is -5.00. The molecule has 4 aromatic heterocycles. The number of nitrogens with zero attached hydrogens (tertiary/aromatic N) is 5. The molecule has 0 radical (unpaired) electrons. The summed E-state index contributed by atoms with van der Waals surface area (Å²) in [5.41, 5.74) is 4.05. The number of fused-ring (bicyclic) bond motifs is 2. The molecule has 1 unspecified atom stereocenters. The minimum absolute atomic E-state index is 0.265. The van der Waals surface area contributed by atoms with Gasteiger partial charge in [-0.2, -0.15) is 26.3 Å². The second kappa shape index (κ2) is 12.9. The monoisotopic (exact) mass is 635 g/mol. The number of pyridine rings is 1. The smallest absolute Gasteiger partial charge is 0.475 e. The molecule has 0 saturated heterocycles. The van der Waals surface area contributed by atoms with Crippen LogP contribution in [0.15, 0.2) is 55.2 Å². The molecule has 0 aliphatic heterocycles. The summed E-state index contributed by atoms with van der Waals surface area (Å²) in [7, 11) is 0. The summed E-state index contributed by atoms with van der Waals surface area (Å²) in [5.74, 6) is -5.25. The van der Waals surface area contributed by atoms with Crippen LogP contribution < -0.4 is 5.32 Å². The van der Waals surface area contributed by atoms with Gasteiger partial charge in [0.15, 0.2) is 17.1 Å². The number of benzene rings is 1. The zero-order valence-corrected chi connectivity index (χ0v) is 22.0. The molecule has 228 valence electrons. The number of hydrogen-bond acceptors (Lipinski definition) is 7. The molecule has 1 aromatic carbocycles. The number of imidazole rings is 2. The number of anilines is 1. The lowest BCUT2D eigenvalue weighted by Gasteiger charge is -2.15. The average molecular weight is 636 g/mol. The summed E-state index contributed by atoms with van der Waals surface area (Å²) in [6.45, 7) is 1.96. The Morgan fingerprint density at radius 1 is 1.00 bits per heavy atom. The fraction of sp³-hybridized carbons (Fsp3) is 0.167. The van der Waals surface area contributed by atoms with Gasteiger partial charge in [0, 0.05) is 11.8 Å². The fourth-order valence-electron chi connectivity index (χ4n) is 3.42. The van der Waals surface area contributed by atoms with Crippen LogP contribution in [-0.4, -0.2) is 63.8 Å². The van der Waals surface area contributed by atoms with Crippen molar-refractivity contribution >= 4 is 46.2 Å². The standard InChI is InChI=1S/C20H15ClFN7.2C2HF3O2/c1-11(27-19-16-18(24-9-23-16)25-10-26-19)15-17(12-4-2-5-13(22)8-12)29-7-3-6-14(21)20(29)28-15;2*3-2(4,5)1(6)7/h2-11H,1H3,(H2,23,24,25,26,27);2*(H,6,7). The molecule has 0 aliphatic rings. The number of H-pyrrole nitrogens is 1. The number of rotatable bonds is 4. The summed E-state index contributed by atoms with van der Waals surface area (Å²) < 4.78 is 79.3. The van der Waals surface area contributed by atoms with E-state index in [0.29, 0.717) is 38.9 Å². The molecule has 0 spiro atoms. The van der Waals surface area contributed by atoms with Gasteiger partial charge in [0.25, 0.3) is 0 Å². The van der Waals surface area contributed by atoms with Crippen LogP contribution in [0.25, 0.3) is 28.1 Å². The van der Waals surface area contributed by atoms with E-state index in [9.17, 15) is 30.7 Å². The average Bonchev–Trinajstić information content (AvgIpc) is 3.55. The molecular formula is C24H17ClF7N7O4. The highest BCUT2D eigenvalue weighted by Crippen LogP contribution is 2.33. The van der Waals surface area contributed by atoms with Gasteiger partial charge in [-0.3, -0.25) is 4.40 Å². The zero-order valence-electron chi connectivity index (χ0n) is 21.2. The Morgan fingerprint density at radius 3 is 2.21 bits per heavy atom. The lowest BCUT2D eigenvalue weighted by molar-refractivity contribution is -0.193. The van der Waals surface area contributed by atoms with Crippen molar-refractivity contribution in [3.05, 3.63) is 71.8 Å². The zero-order chi connectivity index (χ0) is 32.1. The molecule has 19 heteroatoms. The number of carboxylic acid groups (broad SMARTS) is 2. The van der Waals surface area contributed by atoms with E-state index < -0.39 is 24.3 Å². The van der Waals surface area contributed by atoms with E-state index in [2.05, 4.69) is 25.3 Å². The van der Waals surface area contributed by atoms with Gasteiger partial charge in [-0.05, 0) is 31.2 Å². The molecule has 4 N–H and O–H groups in total. The molecule has 0 amide bonds. The number of nitrogens with one attached hydrogen (secondary N) is 2. The summed E-state index contributed by atoms with van der Waals surface area (Å²) in [5, 5.41) is 18.1. The highest BCUT2D eigenvalue weighted by atomic mass is 35.5. The van der Waals surface area contributed by atoms with Crippen molar-refractivity contribution in [1.29, 1.82) is 0 Å². The van der Waals surface area contributed by atoms with Crippen LogP contribution in [0.2, 0.25) is 5.02 Å². The first-order valence-corrected chi connectivity index (χ1v) is 11.8. The quantitative estimate of drug-likeness (QED) is 0.176. The number of hydrogen-bond donors (Lipinski definition) is 4. The SMILES string of the molecule is CC(Nc1ncnc2[nH]cnc12)c1nc2c(Cl)cccn2c1-c1cccc(F)c1.O=C(O)C(F)(F)F.O=C(O)C(F)(F)F. The van der Waals surface area contributed by atoms with Gasteiger partial charge in [0.1, 0.15) is 17.7 Å². The lowest BCUT2D eigenvalue weighted by atomic mass is 10.1. The van der Waals surface area contributed by atoms with E-state index in [0.717, 1.165) is 5.69 Å². The Bertz CT molecular complexity index is 1730. The number of aromatic nitrogens is 6. The minimum atomic E-state index is -5.08. The van der Waals surface area contributed by atoms with Gasteiger partial charge in [-0.15, -0.1) is 0 Å². The van der Waals surface area contributed by atoms with E-state index >= 15 is 0 Å². The van der Waals surface area contributed by atoms with Crippen molar-refractivity contribution in [2.45, 2.75) is 25.3 Å². The fourth-order valence-corrected chi connectivity index (χ4v) is 3.63. The van der Waals surface area contributed by atoms with Crippen LogP contribution >= 0.6 is 11.6 Å². The molecule has 0 saturated carbocycles. The van der Waals surface area contributed by atoms with Crippen molar-refractivity contribution in [3.8, 4) is 11.3 Å². The minimum Gasteiger partial charge on any atom is -0.475 e. The number of aliphatic carboxylic acids is 2. The van der Waals surface area contributed by atoms with E-state index in [-0.39, 0.29) is 11.9 Å². The van der Waals surface area contributed by atoms with Crippen molar-refractivity contribution < 1.29 is 50.5 Å². The molecule has 4 heterocycles. The Labute approximate surface area is 240 Å². The Balaban J connectivity index is 0.000000303. The third-order valence-corrected chi connectivity index (χ3v) is 5.49. The number of halogens is 8. The Kier molecular flexibility index (Phi) is 9.74. The maximum absolute atomic E-state index is 14.0. The van der Waals surface area contributed by atoms with Crippen LogP contribution in [-0.2, 0) is 9.59 Å². The summed E-state index contributed by atoms with van der Waals surface area (Å²) in [6, 6.07) is 9.76. The van der Waals surface area contributed by atoms with Gasteiger partial charge in [0.05, 0.1) is 28.8 Å². The molecule has 1 atom stereocenters. The van der Waals surface area contributed by atoms with Crippen molar-refractivity contribution in [2.75, 3.05) is 5.32 Å². The molecule has 0 aliphatic carbocycles. The van der Waals surface area contributed by atoms with Crippen LogP contribution in [0.4, 0.5) is 36.6 Å². The van der Waals surface area contributed by atoms with Crippen LogP contribution in [0, 0.1) is 5.82 Å². The van der Waals surface area contributed by atoms with Gasteiger partial charge in [-0.25, -0.2) is 33.9 Å². The first-order valence-electron chi connectivity index (χ1n) is 11.4. The highest BCUT2D eigenvalue weighted by molar-refractivity contribution is 6.33. The van der Waals surface area contributed by atoms with Gasteiger partial charge in [0.2, 0.25) is 0 Å². The normalized spacial score (nSPS) is 12.1. The van der Waals surface area contributed by atoms with Crippen molar-refractivity contribution in [1.82, 2.24) is 29.3 Å². The number of carboxylic acids is 2. The highest BCUT2D eigenvalue weighted by Gasteiger charge is 2.38. The van der Waals surface area contributed by atoms with E-state index in [4.69, 9.17) is 36.4 Å². The van der Waals surface area contributed by atoms with E-state index in [1.807, 2.05) is 29.7 Å². The maximum atomic E-state index is 14.0. The summed E-state index contributed by atoms with van der Waals surface area (Å²) in [4.78, 5) is 38.2. The number of alkyl halides is 6. The second-order valence-corrected chi connectivity index (χ2v) is 8.61. The summed E-state index contributed by atoms with van der Waals surface area (Å²) >= 11 is 6.38. The van der Waals surface area contributed by atoms with Gasteiger partial charge < -0.3 is 20.5 Å². The van der Waals surface area contributed by atoms with Crippen LogP contribution in [0.3, 0.4) is 0 Å². The summed E-state index contributed by atoms with van der Waals surface area (Å²) in [6.07, 6.45) is -5.27. The largest absolute Gasteiger partial charge is 0.490 e. The lowest BCUT2D eigenvalue weighted by Crippen LogP contribution is -2.21. The van der Waals surface area contributed by atoms with Gasteiger partial charge >= 0.3 is 24.3 Å². The van der Waals surface area contributed by atoms with Crippen molar-refractivity contribution in [3.63, 3.8) is 0 Å². The molecular weight excluding hydrogens is 619 g/mol. The molecule has 0 fully saturated rings. The molecule has 0 bridgehead atoms.